The first-order valence-corrected chi connectivity index (χ1v) is 8.47. The van der Waals surface area contributed by atoms with Gasteiger partial charge in [0, 0.05) is 24.7 Å². The summed E-state index contributed by atoms with van der Waals surface area (Å²) in [5.74, 6) is -1.00. The lowest BCUT2D eigenvalue weighted by Gasteiger charge is -2.35. The van der Waals surface area contributed by atoms with E-state index < -0.39 is 35.0 Å². The van der Waals surface area contributed by atoms with Crippen molar-refractivity contribution in [3.05, 3.63) is 34.9 Å². The van der Waals surface area contributed by atoms with Crippen LogP contribution in [0, 0.1) is 0 Å². The Kier molecular flexibility index (Phi) is 5.40. The number of hydrogen-bond donors (Lipinski definition) is 1. The topological polar surface area (TPSA) is 41.6 Å². The molecule has 3 rings (SSSR count). The maximum absolute atomic E-state index is 12.9. The molecule has 4 nitrogen and oxygen atoms in total. The van der Waals surface area contributed by atoms with Gasteiger partial charge in [-0.2, -0.15) is 26.3 Å². The number of alkyl halides is 6. The van der Waals surface area contributed by atoms with Gasteiger partial charge in [-0.3, -0.25) is 9.69 Å². The molecule has 1 aromatic carbocycles. The van der Waals surface area contributed by atoms with Crippen molar-refractivity contribution < 1.29 is 35.9 Å². The summed E-state index contributed by atoms with van der Waals surface area (Å²) in [6.45, 7) is 2.00. The molecule has 2 saturated heterocycles. The molecule has 1 amide bonds. The molecule has 2 heterocycles. The molecule has 0 spiro atoms. The number of carbonyl (C=O) groups excluding carboxylic acids is 1. The molecule has 150 valence electrons. The highest BCUT2D eigenvalue weighted by atomic mass is 19.4. The van der Waals surface area contributed by atoms with Gasteiger partial charge in [-0.05, 0) is 37.6 Å². The number of fused-ring (bicyclic) bond motifs is 1. The molecule has 0 bridgehead atoms. The third-order valence-corrected chi connectivity index (χ3v) is 4.80. The second kappa shape index (κ2) is 7.31. The van der Waals surface area contributed by atoms with Gasteiger partial charge in [-0.1, -0.05) is 0 Å². The van der Waals surface area contributed by atoms with Gasteiger partial charge in [0.15, 0.2) is 0 Å². The lowest BCUT2D eigenvalue weighted by molar-refractivity contribution is -0.143. The van der Waals surface area contributed by atoms with Gasteiger partial charge >= 0.3 is 12.4 Å². The third kappa shape index (κ3) is 4.73. The van der Waals surface area contributed by atoms with Crippen molar-refractivity contribution in [3.8, 4) is 0 Å². The molecule has 0 unspecified atom stereocenters. The van der Waals surface area contributed by atoms with E-state index in [2.05, 4.69) is 10.2 Å². The summed E-state index contributed by atoms with van der Waals surface area (Å²) in [5.41, 5.74) is -3.72. The zero-order valence-electron chi connectivity index (χ0n) is 14.2. The Morgan fingerprint density at radius 2 is 1.74 bits per heavy atom. The number of ether oxygens (including phenoxy) is 1. The molecule has 0 radical (unpaired) electrons. The average Bonchev–Trinajstić information content (AvgIpc) is 3.05. The van der Waals surface area contributed by atoms with Crippen LogP contribution in [0.3, 0.4) is 0 Å². The van der Waals surface area contributed by atoms with Crippen molar-refractivity contribution in [2.45, 2.75) is 37.3 Å². The molecule has 0 saturated carbocycles. The second-order valence-electron chi connectivity index (χ2n) is 6.75. The minimum Gasteiger partial charge on any atom is -0.373 e. The van der Waals surface area contributed by atoms with Crippen molar-refractivity contribution in [2.75, 3.05) is 26.2 Å². The van der Waals surface area contributed by atoms with Crippen LogP contribution in [0.4, 0.5) is 26.3 Å². The lowest BCUT2D eigenvalue weighted by Crippen LogP contribution is -2.50. The highest BCUT2D eigenvalue weighted by molar-refractivity contribution is 5.94. The third-order valence-electron chi connectivity index (χ3n) is 4.80. The van der Waals surface area contributed by atoms with E-state index in [9.17, 15) is 31.1 Å². The highest BCUT2D eigenvalue weighted by Crippen LogP contribution is 2.36. The zero-order valence-corrected chi connectivity index (χ0v) is 14.2. The molecule has 1 N–H and O–H groups in total. The standard InChI is InChI=1S/C17H18F6N2O2/c18-16(19,20)11-4-10(5-12(6-11)17(21,22)23)15(26)24-7-14-8-25-3-1-2-13(25)9-27-14/h4-6,13-14H,1-3,7-9H2,(H,24,26)/t13-,14+/m1/s1. The largest absolute Gasteiger partial charge is 0.416 e. The van der Waals surface area contributed by atoms with Crippen LogP contribution in [-0.4, -0.2) is 49.2 Å². The Labute approximate surface area is 151 Å². The van der Waals surface area contributed by atoms with E-state index in [1.165, 1.54) is 0 Å². The van der Waals surface area contributed by atoms with E-state index in [0.717, 1.165) is 19.4 Å². The smallest absolute Gasteiger partial charge is 0.373 e. The van der Waals surface area contributed by atoms with Gasteiger partial charge in [-0.15, -0.1) is 0 Å². The second-order valence-corrected chi connectivity index (χ2v) is 6.75. The average molecular weight is 396 g/mol. The monoisotopic (exact) mass is 396 g/mol. The summed E-state index contributed by atoms with van der Waals surface area (Å²) in [4.78, 5) is 14.4. The number of nitrogens with zero attached hydrogens (tertiary/aromatic N) is 1. The number of carbonyl (C=O) groups is 1. The van der Waals surface area contributed by atoms with Gasteiger partial charge in [0.05, 0.1) is 23.8 Å². The van der Waals surface area contributed by atoms with Crippen LogP contribution in [0.5, 0.6) is 0 Å². The van der Waals surface area contributed by atoms with Crippen LogP contribution in [0.15, 0.2) is 18.2 Å². The van der Waals surface area contributed by atoms with Crippen LogP contribution in [0.1, 0.15) is 34.3 Å². The number of amides is 1. The SMILES string of the molecule is O=C(NC[C@H]1CN2CCC[C@@H]2CO1)c1cc(C(F)(F)F)cc(C(F)(F)F)c1. The Morgan fingerprint density at radius 3 is 2.33 bits per heavy atom. The van der Waals surface area contributed by atoms with Gasteiger partial charge in [0.1, 0.15) is 0 Å². The van der Waals surface area contributed by atoms with Crippen molar-refractivity contribution in [2.24, 2.45) is 0 Å². The molecular weight excluding hydrogens is 378 g/mol. The first-order chi connectivity index (χ1) is 12.5. The summed E-state index contributed by atoms with van der Waals surface area (Å²) in [5, 5.41) is 2.38. The van der Waals surface area contributed by atoms with Crippen molar-refractivity contribution in [1.82, 2.24) is 10.2 Å². The summed E-state index contributed by atoms with van der Waals surface area (Å²) in [7, 11) is 0. The van der Waals surface area contributed by atoms with Crippen LogP contribution in [0.25, 0.3) is 0 Å². The number of hydrogen-bond acceptors (Lipinski definition) is 3. The van der Waals surface area contributed by atoms with Gasteiger partial charge in [0.2, 0.25) is 0 Å². The van der Waals surface area contributed by atoms with Gasteiger partial charge < -0.3 is 10.1 Å². The number of benzene rings is 1. The Bertz CT molecular complexity index is 671. The van der Waals surface area contributed by atoms with E-state index in [0.29, 0.717) is 31.3 Å². The first kappa shape index (κ1) is 19.9. The van der Waals surface area contributed by atoms with Gasteiger partial charge in [0.25, 0.3) is 5.91 Å². The van der Waals surface area contributed by atoms with E-state index in [1.54, 1.807) is 0 Å². The molecular formula is C17H18F6N2O2. The summed E-state index contributed by atoms with van der Waals surface area (Å²) in [6.07, 6.45) is -8.25. The number of halogens is 6. The fourth-order valence-corrected chi connectivity index (χ4v) is 3.40. The Hall–Kier alpha value is -1.81. The quantitative estimate of drug-likeness (QED) is 0.798. The molecule has 27 heavy (non-hydrogen) atoms. The van der Waals surface area contributed by atoms with Crippen LogP contribution >= 0.6 is 0 Å². The molecule has 2 atom stereocenters. The molecule has 2 aliphatic heterocycles. The molecule has 0 aliphatic carbocycles. The lowest BCUT2D eigenvalue weighted by atomic mass is 10.0. The van der Waals surface area contributed by atoms with Gasteiger partial charge in [-0.25, -0.2) is 0 Å². The maximum atomic E-state index is 12.9. The van der Waals surface area contributed by atoms with E-state index >= 15 is 0 Å². The first-order valence-electron chi connectivity index (χ1n) is 8.47. The fourth-order valence-electron chi connectivity index (χ4n) is 3.40. The Morgan fingerprint density at radius 1 is 1.11 bits per heavy atom. The maximum Gasteiger partial charge on any atom is 0.416 e. The summed E-state index contributed by atoms with van der Waals surface area (Å²) < 4.78 is 82.9. The fraction of sp³-hybridized carbons (Fsp3) is 0.588. The number of rotatable bonds is 3. The Balaban J connectivity index is 1.70. The highest BCUT2D eigenvalue weighted by Gasteiger charge is 2.38. The summed E-state index contributed by atoms with van der Waals surface area (Å²) in [6, 6.07) is 1.18. The number of morpholine rings is 1. The molecule has 2 aliphatic rings. The molecule has 2 fully saturated rings. The van der Waals surface area contributed by atoms with Crippen LogP contribution in [-0.2, 0) is 17.1 Å². The normalized spacial score (nSPS) is 23.9. The minimum absolute atomic E-state index is 0.00542. The predicted octanol–water partition coefficient (Wildman–Crippen LogP) is 3.32. The van der Waals surface area contributed by atoms with E-state index in [4.69, 9.17) is 4.74 Å². The molecule has 0 aromatic heterocycles. The van der Waals surface area contributed by atoms with E-state index in [-0.39, 0.29) is 18.7 Å². The zero-order chi connectivity index (χ0) is 19.8. The van der Waals surface area contributed by atoms with Crippen molar-refractivity contribution in [3.63, 3.8) is 0 Å². The molecule has 10 heteroatoms. The summed E-state index contributed by atoms with van der Waals surface area (Å²) >= 11 is 0. The molecule has 1 aromatic rings. The minimum atomic E-state index is -4.99. The van der Waals surface area contributed by atoms with Crippen molar-refractivity contribution in [1.29, 1.82) is 0 Å². The van der Waals surface area contributed by atoms with Crippen LogP contribution in [0.2, 0.25) is 0 Å². The van der Waals surface area contributed by atoms with Crippen LogP contribution < -0.4 is 5.32 Å². The number of nitrogens with one attached hydrogen (secondary N) is 1. The van der Waals surface area contributed by atoms with Crippen molar-refractivity contribution >= 4 is 5.91 Å². The van der Waals surface area contributed by atoms with E-state index in [1.807, 2.05) is 0 Å². The predicted molar refractivity (Wildman–Crippen MR) is 83.1 cm³/mol.